The van der Waals surface area contributed by atoms with Gasteiger partial charge in [-0.3, -0.25) is 0 Å². The fourth-order valence-corrected chi connectivity index (χ4v) is 6.35. The highest BCUT2D eigenvalue weighted by Crippen LogP contribution is 2.35. The van der Waals surface area contributed by atoms with E-state index in [0.29, 0.717) is 30.0 Å². The van der Waals surface area contributed by atoms with Crippen LogP contribution in [0.25, 0.3) is 0 Å². The maximum Gasteiger partial charge on any atom is 0.227 e. The summed E-state index contributed by atoms with van der Waals surface area (Å²) in [6.07, 6.45) is 8.72. The number of aryl methyl sites for hydroxylation is 2. The number of hydrogen-bond acceptors (Lipinski definition) is 8. The topological polar surface area (TPSA) is 66.0 Å². The summed E-state index contributed by atoms with van der Waals surface area (Å²) in [6.45, 7) is 5.97. The number of benzene rings is 2. The molecule has 0 unspecified atom stereocenters. The van der Waals surface area contributed by atoms with E-state index in [1.165, 1.54) is 39.1 Å². The lowest BCUT2D eigenvalue weighted by atomic mass is 9.97. The van der Waals surface area contributed by atoms with Gasteiger partial charge in [0.2, 0.25) is 5.95 Å². The highest BCUT2D eigenvalue weighted by molar-refractivity contribution is 5.67. The zero-order valence-electron chi connectivity index (χ0n) is 26.0. The van der Waals surface area contributed by atoms with Crippen LogP contribution in [-0.2, 0) is 12.8 Å². The first-order chi connectivity index (χ1) is 20.8. The number of methoxy groups -OCH3 is 2. The summed E-state index contributed by atoms with van der Waals surface area (Å²) in [4.78, 5) is 16.3. The van der Waals surface area contributed by atoms with Crippen LogP contribution in [0.4, 0.5) is 26.1 Å². The van der Waals surface area contributed by atoms with Gasteiger partial charge in [-0.05, 0) is 102 Å². The molecule has 3 heterocycles. The number of nitrogens with zero attached hydrogens (tertiary/aromatic N) is 5. The van der Waals surface area contributed by atoms with Gasteiger partial charge in [0.15, 0.2) is 11.6 Å². The Kier molecular flexibility index (Phi) is 9.97. The fourth-order valence-electron chi connectivity index (χ4n) is 6.35. The minimum Gasteiger partial charge on any atom is -0.495 e. The quantitative estimate of drug-likeness (QED) is 0.325. The molecule has 2 fully saturated rings. The zero-order valence-corrected chi connectivity index (χ0v) is 26.0. The molecule has 2 aliphatic heterocycles. The molecule has 0 aliphatic carbocycles. The lowest BCUT2D eigenvalue weighted by molar-refractivity contribution is 0.0947. The molecule has 2 saturated heterocycles. The van der Waals surface area contributed by atoms with Crippen LogP contribution in [0.2, 0.25) is 0 Å². The first kappa shape index (κ1) is 30.9. The number of aromatic nitrogens is 2. The molecule has 0 amide bonds. The number of likely N-dealkylation sites (tertiary alicyclic amines) is 1. The van der Waals surface area contributed by atoms with Crippen molar-refractivity contribution in [1.29, 1.82) is 0 Å². The summed E-state index contributed by atoms with van der Waals surface area (Å²) in [5, 5.41) is 3.24. The third-order valence-electron chi connectivity index (χ3n) is 9.11. The average Bonchev–Trinajstić information content (AvgIpc) is 3.03. The van der Waals surface area contributed by atoms with E-state index in [4.69, 9.17) is 9.47 Å². The van der Waals surface area contributed by atoms with E-state index in [2.05, 4.69) is 50.1 Å². The predicted molar refractivity (Wildman–Crippen MR) is 167 cm³/mol. The molecular weight excluding hydrogens is 550 g/mol. The van der Waals surface area contributed by atoms with E-state index >= 15 is 0 Å². The third kappa shape index (κ3) is 7.18. The maximum atomic E-state index is 14.6. The van der Waals surface area contributed by atoms with Crippen molar-refractivity contribution in [3.8, 4) is 11.5 Å². The lowest BCUT2D eigenvalue weighted by Gasteiger charge is -2.43. The summed E-state index contributed by atoms with van der Waals surface area (Å²) < 4.78 is 40.1. The number of nitrogens with one attached hydrogen (secondary N) is 1. The molecule has 5 rings (SSSR count). The molecular formula is C33H44F2N6O2. The molecule has 1 N–H and O–H groups in total. The number of halogens is 2. The molecule has 232 valence electrons. The van der Waals surface area contributed by atoms with Crippen molar-refractivity contribution in [3.05, 3.63) is 65.0 Å². The molecule has 8 nitrogen and oxygen atoms in total. The molecule has 10 heteroatoms. The second-order valence-corrected chi connectivity index (χ2v) is 11.8. The van der Waals surface area contributed by atoms with Gasteiger partial charge in [-0.15, -0.1) is 0 Å². The summed E-state index contributed by atoms with van der Waals surface area (Å²) in [6, 6.07) is 8.76. The normalized spacial score (nSPS) is 17.0. The van der Waals surface area contributed by atoms with E-state index in [9.17, 15) is 8.78 Å². The number of rotatable bonds is 10. The monoisotopic (exact) mass is 594 g/mol. The van der Waals surface area contributed by atoms with Crippen LogP contribution in [0.3, 0.4) is 0 Å². The fraction of sp³-hybridized carbons (Fsp3) is 0.515. The van der Waals surface area contributed by atoms with Crippen LogP contribution >= 0.6 is 0 Å². The van der Waals surface area contributed by atoms with Crippen LogP contribution in [0.5, 0.6) is 11.5 Å². The Balaban J connectivity index is 1.17. The summed E-state index contributed by atoms with van der Waals surface area (Å²) in [5.41, 5.74) is 3.06. The number of piperidine rings is 2. The number of hydrogen-bond donors (Lipinski definition) is 1. The SMILES string of the molecule is COc1cc(Nc2ncc(CCc3c(F)c(C)cc(OC)c3F)cn2)ccc1N1CCC(N(C)C2CCN(C)CC2)CC1. The van der Waals surface area contributed by atoms with Crippen molar-refractivity contribution in [2.45, 2.75) is 57.5 Å². The second kappa shape index (κ2) is 13.9. The number of anilines is 3. The van der Waals surface area contributed by atoms with Crippen LogP contribution in [0.1, 0.15) is 42.4 Å². The van der Waals surface area contributed by atoms with Crippen molar-refractivity contribution >= 4 is 17.3 Å². The molecule has 0 spiro atoms. The molecule has 0 radical (unpaired) electrons. The largest absolute Gasteiger partial charge is 0.495 e. The highest BCUT2D eigenvalue weighted by Gasteiger charge is 2.29. The van der Waals surface area contributed by atoms with Gasteiger partial charge in [-0.1, -0.05) is 0 Å². The van der Waals surface area contributed by atoms with Gasteiger partial charge in [0.1, 0.15) is 11.6 Å². The van der Waals surface area contributed by atoms with Crippen molar-refractivity contribution in [3.63, 3.8) is 0 Å². The van der Waals surface area contributed by atoms with Crippen LogP contribution in [-0.4, -0.2) is 86.3 Å². The molecule has 43 heavy (non-hydrogen) atoms. The van der Waals surface area contributed by atoms with E-state index < -0.39 is 11.6 Å². The lowest BCUT2D eigenvalue weighted by Crippen LogP contribution is -2.50. The van der Waals surface area contributed by atoms with Gasteiger partial charge < -0.3 is 29.5 Å². The highest BCUT2D eigenvalue weighted by atomic mass is 19.1. The van der Waals surface area contributed by atoms with Crippen molar-refractivity contribution in [2.75, 3.05) is 64.7 Å². The van der Waals surface area contributed by atoms with Crippen LogP contribution in [0, 0.1) is 18.6 Å². The van der Waals surface area contributed by atoms with Crippen molar-refractivity contribution < 1.29 is 18.3 Å². The van der Waals surface area contributed by atoms with Crippen molar-refractivity contribution in [2.24, 2.45) is 0 Å². The Morgan fingerprint density at radius 1 is 0.884 bits per heavy atom. The van der Waals surface area contributed by atoms with Gasteiger partial charge in [0.05, 0.1) is 19.9 Å². The summed E-state index contributed by atoms with van der Waals surface area (Å²) in [7, 11) is 7.60. The van der Waals surface area contributed by atoms with Gasteiger partial charge in [0, 0.05) is 54.9 Å². The van der Waals surface area contributed by atoms with Gasteiger partial charge in [0.25, 0.3) is 0 Å². The first-order valence-corrected chi connectivity index (χ1v) is 15.2. The molecule has 2 aliphatic rings. The van der Waals surface area contributed by atoms with Gasteiger partial charge in [-0.2, -0.15) is 0 Å². The van der Waals surface area contributed by atoms with E-state index in [1.54, 1.807) is 26.4 Å². The molecule has 0 saturated carbocycles. The van der Waals surface area contributed by atoms with Crippen LogP contribution < -0.4 is 19.7 Å². The molecule has 1 aromatic heterocycles. The molecule has 3 aromatic rings. The smallest absolute Gasteiger partial charge is 0.227 e. The summed E-state index contributed by atoms with van der Waals surface area (Å²) in [5.74, 6) is 0.0873. The van der Waals surface area contributed by atoms with Gasteiger partial charge in [-0.25, -0.2) is 18.7 Å². The maximum absolute atomic E-state index is 14.6. The molecule has 0 bridgehead atoms. The minimum absolute atomic E-state index is 0.0136. The number of ether oxygens (including phenoxy) is 2. The summed E-state index contributed by atoms with van der Waals surface area (Å²) >= 11 is 0. The first-order valence-electron chi connectivity index (χ1n) is 15.2. The predicted octanol–water partition coefficient (Wildman–Crippen LogP) is 5.60. The third-order valence-corrected chi connectivity index (χ3v) is 9.11. The van der Waals surface area contributed by atoms with Crippen LogP contribution in [0.15, 0.2) is 36.7 Å². The molecule has 0 atom stereocenters. The second-order valence-electron chi connectivity index (χ2n) is 11.8. The Morgan fingerprint density at radius 2 is 1.51 bits per heavy atom. The van der Waals surface area contributed by atoms with Crippen molar-refractivity contribution in [1.82, 2.24) is 19.8 Å². The Labute approximate surface area is 254 Å². The zero-order chi connectivity index (χ0) is 30.5. The Hall–Kier alpha value is -3.50. The Morgan fingerprint density at radius 3 is 2.14 bits per heavy atom. The van der Waals surface area contributed by atoms with Gasteiger partial charge >= 0.3 is 0 Å². The molecule has 2 aromatic carbocycles. The average molecular weight is 595 g/mol. The Bertz CT molecular complexity index is 1370. The standard InChI is InChI=1S/C33H44F2N6O2/c1-22-18-30(43-5)32(35)27(31(22)34)8-6-23-20-36-33(37-21-23)38-24-7-9-28(29(19-24)42-4)41-16-12-26(13-17-41)40(3)25-10-14-39(2)15-11-25/h7,9,18-21,25-26H,6,8,10-17H2,1-5H3,(H,36,37,38). The van der Waals surface area contributed by atoms with E-state index in [-0.39, 0.29) is 17.7 Å². The van der Waals surface area contributed by atoms with E-state index in [1.807, 2.05) is 12.1 Å². The van der Waals surface area contributed by atoms with E-state index in [0.717, 1.165) is 48.6 Å². The minimum atomic E-state index is -0.661.